The van der Waals surface area contributed by atoms with Crippen LogP contribution in [0.1, 0.15) is 28.8 Å². The number of benzene rings is 1. The minimum atomic E-state index is -3.64. The van der Waals surface area contributed by atoms with Crippen molar-refractivity contribution in [1.82, 2.24) is 9.62 Å². The second-order valence-corrected chi connectivity index (χ2v) is 8.95. The average Bonchev–Trinajstić information content (AvgIpc) is 3.25. The van der Waals surface area contributed by atoms with E-state index < -0.39 is 10.0 Å². The Bertz CT molecular complexity index is 825. The zero-order chi connectivity index (χ0) is 17.2. The SMILES string of the molecule is O=C(c1csc(S(=O)(=O)NCc2ccc(Cl)cc2)c1)N1CCCC1. The summed E-state index contributed by atoms with van der Waals surface area (Å²) >= 11 is 6.87. The molecule has 1 saturated heterocycles. The Labute approximate surface area is 150 Å². The van der Waals surface area contributed by atoms with E-state index in [0.717, 1.165) is 42.8 Å². The predicted octanol–water partition coefficient (Wildman–Crippen LogP) is 3.12. The lowest BCUT2D eigenvalue weighted by Crippen LogP contribution is -2.27. The molecule has 0 radical (unpaired) electrons. The summed E-state index contributed by atoms with van der Waals surface area (Å²) in [5, 5.41) is 2.21. The second kappa shape index (κ2) is 7.23. The van der Waals surface area contributed by atoms with Gasteiger partial charge in [0.05, 0.1) is 5.56 Å². The van der Waals surface area contributed by atoms with Crippen LogP contribution < -0.4 is 4.72 Å². The molecule has 0 spiro atoms. The topological polar surface area (TPSA) is 66.5 Å². The van der Waals surface area contributed by atoms with Gasteiger partial charge in [0.2, 0.25) is 10.0 Å². The number of carbonyl (C=O) groups excluding carboxylic acids is 1. The molecule has 1 fully saturated rings. The molecular weight excluding hydrogens is 368 g/mol. The van der Waals surface area contributed by atoms with E-state index >= 15 is 0 Å². The summed E-state index contributed by atoms with van der Waals surface area (Å²) in [4.78, 5) is 14.1. The maximum absolute atomic E-state index is 12.4. The van der Waals surface area contributed by atoms with E-state index in [-0.39, 0.29) is 16.7 Å². The van der Waals surface area contributed by atoms with Crippen LogP contribution in [0.5, 0.6) is 0 Å². The van der Waals surface area contributed by atoms with Gasteiger partial charge in [0, 0.05) is 30.0 Å². The van der Waals surface area contributed by atoms with Gasteiger partial charge < -0.3 is 4.90 Å². The summed E-state index contributed by atoms with van der Waals surface area (Å²) in [7, 11) is -3.64. The summed E-state index contributed by atoms with van der Waals surface area (Å²) in [6, 6.07) is 8.41. The molecule has 1 aromatic heterocycles. The van der Waals surface area contributed by atoms with Gasteiger partial charge in [-0.25, -0.2) is 13.1 Å². The molecule has 8 heteroatoms. The molecule has 0 aliphatic carbocycles. The van der Waals surface area contributed by atoms with Crippen LogP contribution in [0, 0.1) is 0 Å². The highest BCUT2D eigenvalue weighted by atomic mass is 35.5. The number of likely N-dealkylation sites (tertiary alicyclic amines) is 1. The Hall–Kier alpha value is -1.41. The van der Waals surface area contributed by atoms with E-state index in [2.05, 4.69) is 4.72 Å². The van der Waals surface area contributed by atoms with E-state index in [0.29, 0.717) is 10.6 Å². The van der Waals surface area contributed by atoms with E-state index in [9.17, 15) is 13.2 Å². The van der Waals surface area contributed by atoms with Gasteiger partial charge in [0.25, 0.3) is 5.91 Å². The van der Waals surface area contributed by atoms with Crippen molar-refractivity contribution in [3.8, 4) is 0 Å². The van der Waals surface area contributed by atoms with Crippen molar-refractivity contribution < 1.29 is 13.2 Å². The third kappa shape index (κ3) is 3.97. The van der Waals surface area contributed by atoms with Gasteiger partial charge in [0.1, 0.15) is 4.21 Å². The first kappa shape index (κ1) is 17.4. The number of thiophene rings is 1. The number of amides is 1. The van der Waals surface area contributed by atoms with Crippen LogP contribution in [0.25, 0.3) is 0 Å². The van der Waals surface area contributed by atoms with Crippen molar-refractivity contribution >= 4 is 38.9 Å². The second-order valence-electron chi connectivity index (χ2n) is 5.60. The lowest BCUT2D eigenvalue weighted by Gasteiger charge is -2.13. The first-order chi connectivity index (χ1) is 11.5. The number of nitrogens with zero attached hydrogens (tertiary/aromatic N) is 1. The molecule has 24 heavy (non-hydrogen) atoms. The Morgan fingerprint density at radius 1 is 1.21 bits per heavy atom. The van der Waals surface area contributed by atoms with Crippen molar-refractivity contribution in [2.45, 2.75) is 23.6 Å². The number of hydrogen-bond acceptors (Lipinski definition) is 4. The fourth-order valence-corrected chi connectivity index (χ4v) is 4.87. The molecule has 128 valence electrons. The minimum absolute atomic E-state index is 0.0945. The molecule has 2 heterocycles. The van der Waals surface area contributed by atoms with Crippen LogP contribution in [0.4, 0.5) is 0 Å². The van der Waals surface area contributed by atoms with Gasteiger partial charge in [-0.05, 0) is 36.6 Å². The fraction of sp³-hybridized carbons (Fsp3) is 0.312. The lowest BCUT2D eigenvalue weighted by atomic mass is 10.2. The molecule has 1 aliphatic rings. The first-order valence-electron chi connectivity index (χ1n) is 7.58. The standard InChI is InChI=1S/C16H17ClN2O3S2/c17-14-5-3-12(4-6-14)10-18-24(21,22)15-9-13(11-23-15)16(20)19-7-1-2-8-19/h3-6,9,11,18H,1-2,7-8,10H2. The smallest absolute Gasteiger partial charge is 0.254 e. The normalized spacial score (nSPS) is 15.0. The Morgan fingerprint density at radius 2 is 1.88 bits per heavy atom. The first-order valence-corrected chi connectivity index (χ1v) is 10.3. The molecule has 3 rings (SSSR count). The van der Waals surface area contributed by atoms with E-state index in [1.54, 1.807) is 34.5 Å². The van der Waals surface area contributed by atoms with E-state index in [1.807, 2.05) is 0 Å². The quantitative estimate of drug-likeness (QED) is 0.861. The molecule has 1 aliphatic heterocycles. The third-order valence-electron chi connectivity index (χ3n) is 3.86. The zero-order valence-electron chi connectivity index (χ0n) is 12.9. The van der Waals surface area contributed by atoms with Gasteiger partial charge in [0.15, 0.2) is 0 Å². The summed E-state index contributed by atoms with van der Waals surface area (Å²) in [5.74, 6) is -0.0945. The number of carbonyl (C=O) groups is 1. The van der Waals surface area contributed by atoms with Gasteiger partial charge >= 0.3 is 0 Å². The summed E-state index contributed by atoms with van der Waals surface area (Å²) in [6.07, 6.45) is 2.01. The van der Waals surface area contributed by atoms with Gasteiger partial charge in [-0.2, -0.15) is 0 Å². The Morgan fingerprint density at radius 3 is 2.54 bits per heavy atom. The van der Waals surface area contributed by atoms with Crippen molar-refractivity contribution in [3.63, 3.8) is 0 Å². The predicted molar refractivity (Wildman–Crippen MR) is 94.9 cm³/mol. The van der Waals surface area contributed by atoms with Crippen molar-refractivity contribution in [3.05, 3.63) is 51.9 Å². The maximum Gasteiger partial charge on any atom is 0.254 e. The van der Waals surface area contributed by atoms with Crippen LogP contribution in [-0.4, -0.2) is 32.3 Å². The summed E-state index contributed by atoms with van der Waals surface area (Å²) in [5.41, 5.74) is 1.25. The van der Waals surface area contributed by atoms with Crippen molar-refractivity contribution in [2.75, 3.05) is 13.1 Å². The van der Waals surface area contributed by atoms with Gasteiger partial charge in [-0.1, -0.05) is 23.7 Å². The molecule has 1 amide bonds. The van der Waals surface area contributed by atoms with Crippen LogP contribution in [0.15, 0.2) is 39.9 Å². The highest BCUT2D eigenvalue weighted by Crippen LogP contribution is 2.23. The molecular formula is C16H17ClN2O3S2. The molecule has 5 nitrogen and oxygen atoms in total. The number of sulfonamides is 1. The molecule has 2 aromatic rings. The zero-order valence-corrected chi connectivity index (χ0v) is 15.3. The largest absolute Gasteiger partial charge is 0.339 e. The molecule has 0 unspecified atom stereocenters. The van der Waals surface area contributed by atoms with E-state index in [1.165, 1.54) is 6.07 Å². The molecule has 0 atom stereocenters. The van der Waals surface area contributed by atoms with Crippen LogP contribution >= 0.6 is 22.9 Å². The van der Waals surface area contributed by atoms with Crippen molar-refractivity contribution in [2.24, 2.45) is 0 Å². The number of rotatable bonds is 5. The molecule has 0 bridgehead atoms. The van der Waals surface area contributed by atoms with Crippen molar-refractivity contribution in [1.29, 1.82) is 0 Å². The number of hydrogen-bond donors (Lipinski definition) is 1. The molecule has 1 N–H and O–H groups in total. The van der Waals surface area contributed by atoms with Gasteiger partial charge in [-0.15, -0.1) is 11.3 Å². The molecule has 0 saturated carbocycles. The van der Waals surface area contributed by atoms with Crippen LogP contribution in [0.3, 0.4) is 0 Å². The third-order valence-corrected chi connectivity index (χ3v) is 6.95. The summed E-state index contributed by atoms with van der Waals surface area (Å²) in [6.45, 7) is 1.66. The lowest BCUT2D eigenvalue weighted by molar-refractivity contribution is 0.0793. The summed E-state index contributed by atoms with van der Waals surface area (Å²) < 4.78 is 27.5. The molecule has 1 aromatic carbocycles. The Kier molecular flexibility index (Phi) is 5.24. The average molecular weight is 385 g/mol. The number of nitrogens with one attached hydrogen (secondary N) is 1. The Balaban J connectivity index is 1.68. The maximum atomic E-state index is 12.4. The van der Waals surface area contributed by atoms with Crippen LogP contribution in [-0.2, 0) is 16.6 Å². The fourth-order valence-electron chi connectivity index (χ4n) is 2.52. The van der Waals surface area contributed by atoms with Crippen LogP contribution in [0.2, 0.25) is 5.02 Å². The number of halogens is 1. The highest BCUT2D eigenvalue weighted by molar-refractivity contribution is 7.91. The van der Waals surface area contributed by atoms with Gasteiger partial charge in [-0.3, -0.25) is 4.79 Å². The highest BCUT2D eigenvalue weighted by Gasteiger charge is 2.23. The minimum Gasteiger partial charge on any atom is -0.339 e. The van der Waals surface area contributed by atoms with E-state index in [4.69, 9.17) is 11.6 Å². The monoisotopic (exact) mass is 384 g/mol.